The molecule has 0 bridgehead atoms. The number of benzene rings is 1. The van der Waals surface area contributed by atoms with Crippen LogP contribution in [0.5, 0.6) is 0 Å². The van der Waals surface area contributed by atoms with Crippen molar-refractivity contribution in [3.63, 3.8) is 0 Å². The molecule has 0 aliphatic carbocycles. The first kappa shape index (κ1) is 11.8. The fraction of sp³-hybridized carbons (Fsp3) is 0.400. The molecule has 0 spiro atoms. The highest BCUT2D eigenvalue weighted by Crippen LogP contribution is 2.27. The molecule has 0 aliphatic heterocycles. The summed E-state index contributed by atoms with van der Waals surface area (Å²) in [5.74, 6) is 0.129. The lowest BCUT2D eigenvalue weighted by molar-refractivity contribution is 0.181. The average molecular weight is 234 g/mol. The van der Waals surface area contributed by atoms with Gasteiger partial charge in [0.1, 0.15) is 0 Å². The topological polar surface area (TPSA) is 35.2 Å². The van der Waals surface area contributed by atoms with E-state index in [1.807, 2.05) is 6.07 Å². The molecular formula is C10H13Cl2NO. The maximum Gasteiger partial charge on any atom is 0.0543 e. The normalized spacial score (nSPS) is 12.9. The zero-order valence-electron chi connectivity index (χ0n) is 7.97. The molecule has 2 nitrogen and oxygen atoms in total. The van der Waals surface area contributed by atoms with E-state index < -0.39 is 0 Å². The highest BCUT2D eigenvalue weighted by molar-refractivity contribution is 6.35. The molecule has 78 valence electrons. The Kier molecular flexibility index (Phi) is 4.69. The molecule has 0 fully saturated rings. The second-order valence-corrected chi connectivity index (χ2v) is 3.90. The van der Waals surface area contributed by atoms with Crippen molar-refractivity contribution in [2.75, 3.05) is 20.3 Å². The summed E-state index contributed by atoms with van der Waals surface area (Å²) in [6, 6.07) is 5.42. The predicted molar refractivity (Wildman–Crippen MR) is 60.1 cm³/mol. The lowest BCUT2D eigenvalue weighted by Crippen LogP contribution is -2.17. The van der Waals surface area contributed by atoms with Crippen molar-refractivity contribution < 1.29 is 4.74 Å². The van der Waals surface area contributed by atoms with E-state index in [0.717, 1.165) is 5.56 Å². The molecule has 0 saturated heterocycles. The minimum Gasteiger partial charge on any atom is -0.384 e. The van der Waals surface area contributed by atoms with E-state index >= 15 is 0 Å². The van der Waals surface area contributed by atoms with Gasteiger partial charge in [0, 0.05) is 29.6 Å². The van der Waals surface area contributed by atoms with Crippen LogP contribution in [0.2, 0.25) is 10.0 Å². The Bertz CT molecular complexity index is 304. The van der Waals surface area contributed by atoms with Crippen molar-refractivity contribution >= 4 is 23.2 Å². The van der Waals surface area contributed by atoms with Crippen LogP contribution in [0, 0.1) is 0 Å². The molecule has 1 aromatic rings. The van der Waals surface area contributed by atoms with Crippen LogP contribution in [-0.2, 0) is 4.74 Å². The van der Waals surface area contributed by atoms with E-state index in [4.69, 9.17) is 33.7 Å². The highest BCUT2D eigenvalue weighted by atomic mass is 35.5. The summed E-state index contributed by atoms with van der Waals surface area (Å²) >= 11 is 11.8. The van der Waals surface area contributed by atoms with Crippen molar-refractivity contribution in [2.24, 2.45) is 5.73 Å². The van der Waals surface area contributed by atoms with Crippen LogP contribution in [0.25, 0.3) is 0 Å². The minimum absolute atomic E-state index is 0.129. The third kappa shape index (κ3) is 2.85. The summed E-state index contributed by atoms with van der Waals surface area (Å²) in [5.41, 5.74) is 6.61. The van der Waals surface area contributed by atoms with Gasteiger partial charge in [-0.2, -0.15) is 0 Å². The van der Waals surface area contributed by atoms with Gasteiger partial charge in [0.15, 0.2) is 0 Å². The molecular weight excluding hydrogens is 221 g/mol. The summed E-state index contributed by atoms with van der Waals surface area (Å²) in [6.45, 7) is 1.08. The fourth-order valence-corrected chi connectivity index (χ4v) is 1.88. The fourth-order valence-electron chi connectivity index (χ4n) is 1.32. The zero-order valence-corrected chi connectivity index (χ0v) is 9.48. The average Bonchev–Trinajstić information content (AvgIpc) is 2.15. The van der Waals surface area contributed by atoms with E-state index in [-0.39, 0.29) is 5.92 Å². The number of nitrogens with two attached hydrogens (primary N) is 1. The molecule has 0 saturated carbocycles. The smallest absolute Gasteiger partial charge is 0.0543 e. The number of hydrogen-bond acceptors (Lipinski definition) is 2. The van der Waals surface area contributed by atoms with Crippen molar-refractivity contribution in [1.82, 2.24) is 0 Å². The second-order valence-electron chi connectivity index (χ2n) is 3.05. The van der Waals surface area contributed by atoms with Crippen LogP contribution < -0.4 is 5.73 Å². The molecule has 1 unspecified atom stereocenters. The van der Waals surface area contributed by atoms with Crippen LogP contribution in [0.3, 0.4) is 0 Å². The standard InChI is InChI=1S/C10H13Cl2NO/c1-14-6-7(5-13)9-3-2-8(11)4-10(9)12/h2-4,7H,5-6,13H2,1H3. The van der Waals surface area contributed by atoms with Crippen molar-refractivity contribution in [2.45, 2.75) is 5.92 Å². The van der Waals surface area contributed by atoms with Gasteiger partial charge in [-0.25, -0.2) is 0 Å². The van der Waals surface area contributed by atoms with Crippen molar-refractivity contribution in [1.29, 1.82) is 0 Å². The van der Waals surface area contributed by atoms with Crippen LogP contribution in [-0.4, -0.2) is 20.3 Å². The van der Waals surface area contributed by atoms with Gasteiger partial charge in [-0.15, -0.1) is 0 Å². The first-order valence-corrected chi connectivity index (χ1v) is 5.08. The Morgan fingerprint density at radius 3 is 2.64 bits per heavy atom. The summed E-state index contributed by atoms with van der Waals surface area (Å²) in [4.78, 5) is 0. The lowest BCUT2D eigenvalue weighted by Gasteiger charge is -2.15. The van der Waals surface area contributed by atoms with Crippen LogP contribution >= 0.6 is 23.2 Å². The maximum absolute atomic E-state index is 6.04. The molecule has 2 N–H and O–H groups in total. The Balaban J connectivity index is 2.92. The van der Waals surface area contributed by atoms with E-state index in [1.165, 1.54) is 0 Å². The Morgan fingerprint density at radius 1 is 1.43 bits per heavy atom. The van der Waals surface area contributed by atoms with Crippen LogP contribution in [0.4, 0.5) is 0 Å². The third-order valence-electron chi connectivity index (χ3n) is 2.05. The monoisotopic (exact) mass is 233 g/mol. The van der Waals surface area contributed by atoms with E-state index in [1.54, 1.807) is 19.2 Å². The van der Waals surface area contributed by atoms with Gasteiger partial charge in [-0.3, -0.25) is 0 Å². The van der Waals surface area contributed by atoms with E-state index in [2.05, 4.69) is 0 Å². The molecule has 1 aromatic carbocycles. The van der Waals surface area contributed by atoms with Gasteiger partial charge in [0.2, 0.25) is 0 Å². The Hall–Kier alpha value is -0.280. The number of hydrogen-bond donors (Lipinski definition) is 1. The number of ether oxygens (including phenoxy) is 1. The quantitative estimate of drug-likeness (QED) is 0.869. The summed E-state index contributed by atoms with van der Waals surface area (Å²) < 4.78 is 5.06. The molecule has 1 atom stereocenters. The van der Waals surface area contributed by atoms with Crippen molar-refractivity contribution in [3.8, 4) is 0 Å². The molecule has 0 heterocycles. The Labute approximate surface area is 94.0 Å². The molecule has 0 aliphatic rings. The van der Waals surface area contributed by atoms with Gasteiger partial charge in [0.05, 0.1) is 6.61 Å². The van der Waals surface area contributed by atoms with Gasteiger partial charge in [0.25, 0.3) is 0 Å². The Morgan fingerprint density at radius 2 is 2.14 bits per heavy atom. The van der Waals surface area contributed by atoms with Gasteiger partial charge >= 0.3 is 0 Å². The molecule has 0 aromatic heterocycles. The molecule has 0 amide bonds. The van der Waals surface area contributed by atoms with Crippen LogP contribution in [0.1, 0.15) is 11.5 Å². The minimum atomic E-state index is 0.129. The van der Waals surface area contributed by atoms with Gasteiger partial charge in [-0.1, -0.05) is 29.3 Å². The number of halogens is 2. The van der Waals surface area contributed by atoms with Crippen molar-refractivity contribution in [3.05, 3.63) is 33.8 Å². The molecule has 1 rings (SSSR count). The number of rotatable bonds is 4. The summed E-state index contributed by atoms with van der Waals surface area (Å²) in [5, 5.41) is 1.27. The lowest BCUT2D eigenvalue weighted by atomic mass is 10.0. The van der Waals surface area contributed by atoms with E-state index in [9.17, 15) is 0 Å². The van der Waals surface area contributed by atoms with Gasteiger partial charge in [-0.05, 0) is 17.7 Å². The first-order chi connectivity index (χ1) is 6.69. The molecule has 14 heavy (non-hydrogen) atoms. The SMILES string of the molecule is COCC(CN)c1ccc(Cl)cc1Cl. The third-order valence-corrected chi connectivity index (χ3v) is 2.62. The van der Waals surface area contributed by atoms with E-state index in [0.29, 0.717) is 23.2 Å². The summed E-state index contributed by atoms with van der Waals surface area (Å²) in [6.07, 6.45) is 0. The second kappa shape index (κ2) is 5.56. The first-order valence-electron chi connectivity index (χ1n) is 4.33. The largest absolute Gasteiger partial charge is 0.384 e. The van der Waals surface area contributed by atoms with Gasteiger partial charge < -0.3 is 10.5 Å². The highest BCUT2D eigenvalue weighted by Gasteiger charge is 2.12. The zero-order chi connectivity index (χ0) is 10.6. The predicted octanol–water partition coefficient (Wildman–Crippen LogP) is 2.68. The number of methoxy groups -OCH3 is 1. The molecule has 4 heteroatoms. The van der Waals surface area contributed by atoms with Crippen LogP contribution in [0.15, 0.2) is 18.2 Å². The molecule has 0 radical (unpaired) electrons. The summed E-state index contributed by atoms with van der Waals surface area (Å²) in [7, 11) is 1.65. The maximum atomic E-state index is 6.04.